The summed E-state index contributed by atoms with van der Waals surface area (Å²) in [5.74, 6) is 0. The highest BCUT2D eigenvalue weighted by Crippen LogP contribution is 2.45. The maximum Gasteiger partial charge on any atom is 0.0647 e. The highest BCUT2D eigenvalue weighted by atomic mass is 32.2. The Morgan fingerprint density at radius 2 is 1.23 bits per heavy atom. The van der Waals surface area contributed by atoms with E-state index in [1.807, 2.05) is 11.8 Å². The Morgan fingerprint density at radius 3 is 1.96 bits per heavy atom. The minimum Gasteiger partial charge on any atom is -0.310 e. The fourth-order valence-corrected chi connectivity index (χ4v) is 8.94. The van der Waals surface area contributed by atoms with Gasteiger partial charge < -0.3 is 9.80 Å². The summed E-state index contributed by atoms with van der Waals surface area (Å²) in [6.45, 7) is 0. The van der Waals surface area contributed by atoms with Gasteiger partial charge in [-0.2, -0.15) is 0 Å². The third kappa shape index (κ3) is 7.01. The molecule has 52 heavy (non-hydrogen) atoms. The number of rotatable bonds is 10. The number of thiophene rings is 1. The highest BCUT2D eigenvalue weighted by Gasteiger charge is 2.21. The summed E-state index contributed by atoms with van der Waals surface area (Å²) in [6.07, 6.45) is 23.0. The molecule has 0 spiro atoms. The van der Waals surface area contributed by atoms with Crippen LogP contribution in [0, 0.1) is 0 Å². The molecule has 6 aromatic rings. The van der Waals surface area contributed by atoms with E-state index in [1.165, 1.54) is 43.0 Å². The zero-order valence-corrected chi connectivity index (χ0v) is 30.9. The van der Waals surface area contributed by atoms with Crippen molar-refractivity contribution in [3.8, 4) is 0 Å². The van der Waals surface area contributed by atoms with E-state index in [2.05, 4.69) is 204 Å². The topological polar surface area (TPSA) is 6.48 Å². The molecule has 0 saturated heterocycles. The molecule has 0 atom stereocenters. The lowest BCUT2D eigenvalue weighted by atomic mass is 9.91. The quantitative estimate of drug-likeness (QED) is 0.140. The Hall–Kier alpha value is -5.55. The van der Waals surface area contributed by atoms with Crippen molar-refractivity contribution in [3.05, 3.63) is 209 Å². The van der Waals surface area contributed by atoms with Gasteiger partial charge in [-0.25, -0.2) is 0 Å². The van der Waals surface area contributed by atoms with Gasteiger partial charge in [0, 0.05) is 48.8 Å². The lowest BCUT2D eigenvalue weighted by Crippen LogP contribution is -2.13. The van der Waals surface area contributed by atoms with Crippen LogP contribution in [-0.4, -0.2) is 6.26 Å². The van der Waals surface area contributed by atoms with Gasteiger partial charge in [0.1, 0.15) is 0 Å². The van der Waals surface area contributed by atoms with Crippen molar-refractivity contribution in [2.75, 3.05) is 16.1 Å². The van der Waals surface area contributed by atoms with Gasteiger partial charge in [-0.3, -0.25) is 0 Å². The minimum absolute atomic E-state index is 0.900. The van der Waals surface area contributed by atoms with Crippen LogP contribution in [0.1, 0.15) is 24.8 Å². The van der Waals surface area contributed by atoms with Gasteiger partial charge in [0.15, 0.2) is 0 Å². The van der Waals surface area contributed by atoms with Crippen molar-refractivity contribution in [2.24, 2.45) is 0 Å². The average Bonchev–Trinajstić information content (AvgIpc) is 3.44. The summed E-state index contributed by atoms with van der Waals surface area (Å²) in [4.78, 5) is 6.11. The molecule has 5 aromatic carbocycles. The maximum atomic E-state index is 2.38. The standard InChI is InChI=1S/C48H40N2S2/c1-51-48(38-20-9-4-10-21-38)47(36-18-7-2-3-8-19-36)37-30-32-41(33-31-37)49(39-22-11-5-12-23-39)42-26-17-27-43(34-42)50(40-24-13-6-14-25-40)45-35-52-46-29-16-15-28-44(45)46/h2-9,11-18,20,22-35H,10,19,21H2,1H3/b48-47-. The number of benzene rings is 5. The smallest absolute Gasteiger partial charge is 0.0647 e. The van der Waals surface area contributed by atoms with Crippen LogP contribution in [0.5, 0.6) is 0 Å². The van der Waals surface area contributed by atoms with Crippen molar-refractivity contribution in [1.82, 2.24) is 0 Å². The second-order valence-electron chi connectivity index (χ2n) is 12.8. The highest BCUT2D eigenvalue weighted by molar-refractivity contribution is 8.02. The number of fused-ring (bicyclic) bond motifs is 1. The third-order valence-electron chi connectivity index (χ3n) is 9.54. The van der Waals surface area contributed by atoms with Gasteiger partial charge in [-0.1, -0.05) is 121 Å². The first-order valence-electron chi connectivity index (χ1n) is 17.8. The molecule has 0 fully saturated rings. The van der Waals surface area contributed by atoms with Crippen molar-refractivity contribution >= 4 is 72.9 Å². The molecular weight excluding hydrogens is 669 g/mol. The van der Waals surface area contributed by atoms with Gasteiger partial charge in [0.05, 0.1) is 5.69 Å². The molecule has 2 nitrogen and oxygen atoms in total. The lowest BCUT2D eigenvalue weighted by molar-refractivity contribution is 0.986. The Morgan fingerprint density at radius 1 is 0.577 bits per heavy atom. The molecule has 0 N–H and O–H groups in total. The molecule has 1 heterocycles. The third-order valence-corrected chi connectivity index (χ3v) is 11.4. The molecule has 0 unspecified atom stereocenters. The largest absolute Gasteiger partial charge is 0.310 e. The molecule has 0 aliphatic heterocycles. The molecule has 0 bridgehead atoms. The number of thioether (sulfide) groups is 1. The molecular formula is C48H40N2S2. The van der Waals surface area contributed by atoms with Crippen LogP contribution in [0.2, 0.25) is 0 Å². The summed E-state index contributed by atoms with van der Waals surface area (Å²) in [7, 11) is 0. The molecule has 0 radical (unpaired) electrons. The van der Waals surface area contributed by atoms with Gasteiger partial charge >= 0.3 is 0 Å². The molecule has 1 aromatic heterocycles. The van der Waals surface area contributed by atoms with Gasteiger partial charge in [-0.15, -0.1) is 23.1 Å². The first-order chi connectivity index (χ1) is 25.8. The normalized spacial score (nSPS) is 14.4. The van der Waals surface area contributed by atoms with Crippen LogP contribution in [0.4, 0.5) is 34.1 Å². The van der Waals surface area contributed by atoms with Gasteiger partial charge in [0.25, 0.3) is 0 Å². The van der Waals surface area contributed by atoms with Crippen LogP contribution in [0.3, 0.4) is 0 Å². The van der Waals surface area contributed by atoms with Gasteiger partial charge in [-0.05, 0) is 108 Å². The number of allylic oxidation sites excluding steroid dienone is 11. The molecule has 2 aliphatic carbocycles. The summed E-state index contributed by atoms with van der Waals surface area (Å²) in [5.41, 5.74) is 12.1. The molecule has 0 amide bonds. The molecule has 2 aliphatic rings. The van der Waals surface area contributed by atoms with Gasteiger partial charge in [0.2, 0.25) is 0 Å². The van der Waals surface area contributed by atoms with E-state index in [1.54, 1.807) is 11.3 Å². The number of para-hydroxylation sites is 2. The predicted octanol–water partition coefficient (Wildman–Crippen LogP) is 14.6. The van der Waals surface area contributed by atoms with E-state index in [-0.39, 0.29) is 0 Å². The first-order valence-corrected chi connectivity index (χ1v) is 19.9. The van der Waals surface area contributed by atoms with Crippen LogP contribution < -0.4 is 9.80 Å². The van der Waals surface area contributed by atoms with Crippen LogP contribution in [0.15, 0.2) is 203 Å². The number of hydrogen-bond donors (Lipinski definition) is 0. The number of anilines is 6. The predicted molar refractivity (Wildman–Crippen MR) is 229 cm³/mol. The second-order valence-corrected chi connectivity index (χ2v) is 14.5. The van der Waals surface area contributed by atoms with Crippen LogP contribution in [-0.2, 0) is 0 Å². The Labute approximate surface area is 315 Å². The summed E-state index contributed by atoms with van der Waals surface area (Å²) in [6, 6.07) is 48.2. The first kappa shape index (κ1) is 33.6. The molecule has 4 heteroatoms. The SMILES string of the molecule is CS/C(C1=CC=CCC1)=C(/C1=CC=CC=CC1)c1ccc(N(c2ccccc2)c2cccc(N(c3ccccc3)c3csc4ccccc34)c2)cc1. The fraction of sp³-hybridized carbons (Fsp3) is 0.0833. The van der Waals surface area contributed by atoms with Crippen molar-refractivity contribution < 1.29 is 0 Å². The average molecular weight is 709 g/mol. The van der Waals surface area contributed by atoms with Crippen molar-refractivity contribution in [1.29, 1.82) is 0 Å². The zero-order chi connectivity index (χ0) is 35.1. The van der Waals surface area contributed by atoms with E-state index in [0.29, 0.717) is 0 Å². The molecule has 0 saturated carbocycles. The second kappa shape index (κ2) is 15.8. The monoisotopic (exact) mass is 708 g/mol. The van der Waals surface area contributed by atoms with Crippen LogP contribution >= 0.6 is 23.1 Å². The maximum absolute atomic E-state index is 2.38. The van der Waals surface area contributed by atoms with E-state index in [9.17, 15) is 0 Å². The number of nitrogens with zero attached hydrogens (tertiary/aromatic N) is 2. The summed E-state index contributed by atoms with van der Waals surface area (Å²) < 4.78 is 1.28. The van der Waals surface area contributed by atoms with Crippen molar-refractivity contribution in [3.63, 3.8) is 0 Å². The number of hydrogen-bond acceptors (Lipinski definition) is 4. The van der Waals surface area contributed by atoms with Crippen molar-refractivity contribution in [2.45, 2.75) is 19.3 Å². The lowest BCUT2D eigenvalue weighted by Gasteiger charge is -2.29. The van der Waals surface area contributed by atoms with E-state index in [0.717, 1.165) is 47.7 Å². The Kier molecular flexibility index (Phi) is 10.2. The molecule has 8 rings (SSSR count). The molecule has 254 valence electrons. The fourth-order valence-electron chi connectivity index (χ4n) is 7.12. The Balaban J connectivity index is 1.24. The Bertz CT molecular complexity index is 2360. The zero-order valence-electron chi connectivity index (χ0n) is 29.2. The summed E-state index contributed by atoms with van der Waals surface area (Å²) >= 11 is 3.65. The van der Waals surface area contributed by atoms with Crippen LogP contribution in [0.25, 0.3) is 15.7 Å². The van der Waals surface area contributed by atoms with E-state index < -0.39 is 0 Å². The minimum atomic E-state index is 0.900. The van der Waals surface area contributed by atoms with E-state index >= 15 is 0 Å². The van der Waals surface area contributed by atoms with E-state index in [4.69, 9.17) is 0 Å². The summed E-state index contributed by atoms with van der Waals surface area (Å²) in [5, 5.41) is 3.53.